The molecule has 0 aliphatic carbocycles. The minimum atomic E-state index is -0.186. The SMILES string of the molecule is CN1CCN(C(C#N)c2cncc(Br)c2)CC1. The molecule has 2 rings (SSSR count). The largest absolute Gasteiger partial charge is 0.304 e. The van der Waals surface area contributed by atoms with Crippen LogP contribution in [-0.4, -0.2) is 48.0 Å². The van der Waals surface area contributed by atoms with E-state index in [2.05, 4.69) is 43.8 Å². The number of pyridine rings is 1. The highest BCUT2D eigenvalue weighted by Crippen LogP contribution is 2.22. The molecule has 2 heterocycles. The van der Waals surface area contributed by atoms with Gasteiger partial charge in [0.2, 0.25) is 0 Å². The van der Waals surface area contributed by atoms with E-state index in [1.807, 2.05) is 6.07 Å². The van der Waals surface area contributed by atoms with Gasteiger partial charge in [-0.15, -0.1) is 0 Å². The Balaban J connectivity index is 2.14. The van der Waals surface area contributed by atoms with Crippen molar-refractivity contribution in [3.05, 3.63) is 28.5 Å². The molecular weight excluding hydrogens is 280 g/mol. The Bertz CT molecular complexity index is 421. The van der Waals surface area contributed by atoms with Crippen LogP contribution in [0.2, 0.25) is 0 Å². The summed E-state index contributed by atoms with van der Waals surface area (Å²) in [5.41, 5.74) is 0.964. The van der Waals surface area contributed by atoms with Crippen molar-refractivity contribution in [1.29, 1.82) is 5.26 Å². The normalized spacial score (nSPS) is 19.8. The third kappa shape index (κ3) is 3.03. The molecule has 5 heteroatoms. The quantitative estimate of drug-likeness (QED) is 0.832. The first kappa shape index (κ1) is 12.5. The van der Waals surface area contributed by atoms with Crippen molar-refractivity contribution in [1.82, 2.24) is 14.8 Å². The van der Waals surface area contributed by atoms with E-state index >= 15 is 0 Å². The molecule has 0 aromatic carbocycles. The summed E-state index contributed by atoms with van der Waals surface area (Å²) in [5.74, 6) is 0. The molecule has 0 N–H and O–H groups in total. The van der Waals surface area contributed by atoms with Crippen LogP contribution in [0.3, 0.4) is 0 Å². The number of hydrogen-bond acceptors (Lipinski definition) is 4. The predicted octanol–water partition coefficient (Wildman–Crippen LogP) is 1.66. The van der Waals surface area contributed by atoms with Crippen LogP contribution in [0, 0.1) is 11.3 Å². The maximum Gasteiger partial charge on any atom is 0.125 e. The van der Waals surface area contributed by atoms with E-state index in [4.69, 9.17) is 0 Å². The van der Waals surface area contributed by atoms with Gasteiger partial charge in [-0.25, -0.2) is 0 Å². The van der Waals surface area contributed by atoms with Crippen LogP contribution >= 0.6 is 15.9 Å². The highest BCUT2D eigenvalue weighted by Gasteiger charge is 2.23. The zero-order valence-corrected chi connectivity index (χ0v) is 11.4. The van der Waals surface area contributed by atoms with Crippen molar-refractivity contribution in [2.24, 2.45) is 0 Å². The lowest BCUT2D eigenvalue weighted by atomic mass is 10.1. The zero-order valence-electron chi connectivity index (χ0n) is 9.80. The van der Waals surface area contributed by atoms with Crippen molar-refractivity contribution in [2.45, 2.75) is 6.04 Å². The van der Waals surface area contributed by atoms with Crippen molar-refractivity contribution < 1.29 is 0 Å². The molecule has 1 aliphatic rings. The zero-order chi connectivity index (χ0) is 12.3. The van der Waals surface area contributed by atoms with E-state index in [0.29, 0.717) is 0 Å². The smallest absolute Gasteiger partial charge is 0.125 e. The monoisotopic (exact) mass is 294 g/mol. The van der Waals surface area contributed by atoms with E-state index in [1.165, 1.54) is 0 Å². The molecule has 4 nitrogen and oxygen atoms in total. The molecule has 1 fully saturated rings. The summed E-state index contributed by atoms with van der Waals surface area (Å²) in [4.78, 5) is 8.62. The molecule has 1 unspecified atom stereocenters. The van der Waals surface area contributed by atoms with Gasteiger partial charge in [-0.2, -0.15) is 5.26 Å². The topological polar surface area (TPSA) is 43.2 Å². The highest BCUT2D eigenvalue weighted by atomic mass is 79.9. The van der Waals surface area contributed by atoms with Crippen molar-refractivity contribution in [2.75, 3.05) is 33.2 Å². The number of aromatic nitrogens is 1. The maximum absolute atomic E-state index is 9.34. The number of piperazine rings is 1. The van der Waals surface area contributed by atoms with Gasteiger partial charge in [0, 0.05) is 48.6 Å². The van der Waals surface area contributed by atoms with Gasteiger partial charge >= 0.3 is 0 Å². The second kappa shape index (κ2) is 5.58. The molecule has 0 amide bonds. The molecule has 90 valence electrons. The first-order valence-electron chi connectivity index (χ1n) is 5.63. The summed E-state index contributed by atoms with van der Waals surface area (Å²) in [5, 5.41) is 9.34. The summed E-state index contributed by atoms with van der Waals surface area (Å²) < 4.78 is 0.921. The van der Waals surface area contributed by atoms with Crippen molar-refractivity contribution >= 4 is 15.9 Å². The van der Waals surface area contributed by atoms with Gasteiger partial charge < -0.3 is 4.90 Å². The van der Waals surface area contributed by atoms with Crippen LogP contribution < -0.4 is 0 Å². The lowest BCUT2D eigenvalue weighted by molar-refractivity contribution is 0.132. The lowest BCUT2D eigenvalue weighted by Crippen LogP contribution is -2.45. The second-order valence-corrected chi connectivity index (χ2v) is 5.22. The predicted molar refractivity (Wildman–Crippen MR) is 69.4 cm³/mol. The summed E-state index contributed by atoms with van der Waals surface area (Å²) >= 11 is 3.39. The number of rotatable bonds is 2. The Hall–Kier alpha value is -0.960. The lowest BCUT2D eigenvalue weighted by Gasteiger charge is -2.35. The number of halogens is 1. The van der Waals surface area contributed by atoms with E-state index in [9.17, 15) is 5.26 Å². The minimum absolute atomic E-state index is 0.186. The molecule has 0 radical (unpaired) electrons. The summed E-state index contributed by atoms with van der Waals surface area (Å²) in [6.07, 6.45) is 3.51. The molecule has 0 spiro atoms. The van der Waals surface area contributed by atoms with Crippen molar-refractivity contribution in [3.63, 3.8) is 0 Å². The van der Waals surface area contributed by atoms with E-state index in [0.717, 1.165) is 36.2 Å². The molecule has 1 aromatic heterocycles. The van der Waals surface area contributed by atoms with Crippen LogP contribution in [0.4, 0.5) is 0 Å². The number of nitriles is 1. The fraction of sp³-hybridized carbons (Fsp3) is 0.500. The van der Waals surface area contributed by atoms with Gasteiger partial charge in [0.1, 0.15) is 6.04 Å². The van der Waals surface area contributed by atoms with E-state index < -0.39 is 0 Å². The Kier molecular flexibility index (Phi) is 4.11. The number of hydrogen-bond donors (Lipinski definition) is 0. The van der Waals surface area contributed by atoms with Crippen LogP contribution in [-0.2, 0) is 0 Å². The second-order valence-electron chi connectivity index (χ2n) is 4.31. The molecule has 17 heavy (non-hydrogen) atoms. The Labute approximate surface area is 110 Å². The van der Waals surface area contributed by atoms with Gasteiger partial charge in [0.25, 0.3) is 0 Å². The summed E-state index contributed by atoms with van der Waals surface area (Å²) in [7, 11) is 2.11. The Morgan fingerprint density at radius 1 is 1.35 bits per heavy atom. The standard InChI is InChI=1S/C12H15BrN4/c1-16-2-4-17(5-3-16)12(7-14)10-6-11(13)9-15-8-10/h6,8-9,12H,2-5H2,1H3. The summed E-state index contributed by atoms with van der Waals surface area (Å²) in [6, 6.07) is 4.16. The van der Waals surface area contributed by atoms with Crippen LogP contribution in [0.5, 0.6) is 0 Å². The third-order valence-corrected chi connectivity index (χ3v) is 3.50. The van der Waals surface area contributed by atoms with Gasteiger partial charge in [0.15, 0.2) is 0 Å². The maximum atomic E-state index is 9.34. The fourth-order valence-electron chi connectivity index (χ4n) is 2.02. The average Bonchev–Trinajstić information content (AvgIpc) is 2.33. The molecular formula is C12H15BrN4. The first-order valence-corrected chi connectivity index (χ1v) is 6.42. The van der Waals surface area contributed by atoms with Crippen molar-refractivity contribution in [3.8, 4) is 6.07 Å². The summed E-state index contributed by atoms with van der Waals surface area (Å²) in [6.45, 7) is 3.89. The van der Waals surface area contributed by atoms with Gasteiger partial charge in [0.05, 0.1) is 6.07 Å². The Morgan fingerprint density at radius 2 is 2.06 bits per heavy atom. The van der Waals surface area contributed by atoms with Gasteiger partial charge in [-0.05, 0) is 29.0 Å². The fourth-order valence-corrected chi connectivity index (χ4v) is 2.41. The van der Waals surface area contributed by atoms with Gasteiger partial charge in [-0.3, -0.25) is 9.88 Å². The average molecular weight is 295 g/mol. The molecule has 0 bridgehead atoms. The number of nitrogens with zero attached hydrogens (tertiary/aromatic N) is 4. The third-order valence-electron chi connectivity index (χ3n) is 3.07. The number of likely N-dealkylation sites (N-methyl/N-ethyl adjacent to an activating group) is 1. The van der Waals surface area contributed by atoms with E-state index in [1.54, 1.807) is 12.4 Å². The van der Waals surface area contributed by atoms with Crippen LogP contribution in [0.15, 0.2) is 22.9 Å². The first-order chi connectivity index (χ1) is 8.20. The minimum Gasteiger partial charge on any atom is -0.304 e. The Morgan fingerprint density at radius 3 is 2.65 bits per heavy atom. The molecule has 1 aromatic rings. The molecule has 1 saturated heterocycles. The van der Waals surface area contributed by atoms with Gasteiger partial charge in [-0.1, -0.05) is 0 Å². The van der Waals surface area contributed by atoms with E-state index in [-0.39, 0.29) is 6.04 Å². The molecule has 1 atom stereocenters. The van der Waals surface area contributed by atoms with Crippen LogP contribution in [0.1, 0.15) is 11.6 Å². The highest BCUT2D eigenvalue weighted by molar-refractivity contribution is 9.10. The molecule has 0 saturated carbocycles. The van der Waals surface area contributed by atoms with Crippen LogP contribution in [0.25, 0.3) is 0 Å². The molecule has 1 aliphatic heterocycles.